The Kier molecular flexibility index (Phi) is 3.55. The second-order valence-electron chi connectivity index (χ2n) is 4.90. The lowest BCUT2D eigenvalue weighted by Crippen LogP contribution is -2.33. The van der Waals surface area contributed by atoms with Crippen LogP contribution in [0.15, 0.2) is 11.6 Å². The summed E-state index contributed by atoms with van der Waals surface area (Å²) in [4.78, 5) is 0. The third-order valence-corrected chi connectivity index (χ3v) is 3.20. The van der Waals surface area contributed by atoms with E-state index in [9.17, 15) is 5.11 Å². The van der Waals surface area contributed by atoms with Gasteiger partial charge in [-0.15, -0.1) is 0 Å². The highest BCUT2D eigenvalue weighted by molar-refractivity contribution is 5.04. The summed E-state index contributed by atoms with van der Waals surface area (Å²) in [6.07, 6.45) is 8.03. The monoisotopic (exact) mass is 182 g/mol. The molecule has 76 valence electrons. The summed E-state index contributed by atoms with van der Waals surface area (Å²) in [7, 11) is 0. The minimum Gasteiger partial charge on any atom is -0.388 e. The lowest BCUT2D eigenvalue weighted by Gasteiger charge is -2.36. The Labute approximate surface area is 81.9 Å². The van der Waals surface area contributed by atoms with Crippen LogP contribution in [0.1, 0.15) is 52.9 Å². The molecule has 1 saturated carbocycles. The second kappa shape index (κ2) is 4.28. The van der Waals surface area contributed by atoms with Gasteiger partial charge in [0.2, 0.25) is 0 Å². The number of allylic oxidation sites excluding steroid dienone is 1. The van der Waals surface area contributed by atoms with Crippen LogP contribution in [0.2, 0.25) is 0 Å². The molecule has 0 spiro atoms. The van der Waals surface area contributed by atoms with E-state index in [-0.39, 0.29) is 11.5 Å². The number of hydrogen-bond donors (Lipinski definition) is 1. The number of rotatable bonds is 2. The summed E-state index contributed by atoms with van der Waals surface area (Å²) >= 11 is 0. The van der Waals surface area contributed by atoms with Gasteiger partial charge in [-0.1, -0.05) is 37.8 Å². The normalized spacial score (nSPS) is 23.7. The van der Waals surface area contributed by atoms with E-state index >= 15 is 0 Å². The molecule has 0 aromatic rings. The van der Waals surface area contributed by atoms with Crippen molar-refractivity contribution in [3.05, 3.63) is 11.6 Å². The van der Waals surface area contributed by atoms with E-state index in [4.69, 9.17) is 0 Å². The van der Waals surface area contributed by atoms with E-state index in [2.05, 4.69) is 20.8 Å². The van der Waals surface area contributed by atoms with E-state index in [1.807, 2.05) is 6.08 Å². The van der Waals surface area contributed by atoms with Gasteiger partial charge in [-0.05, 0) is 32.1 Å². The molecular weight excluding hydrogens is 160 g/mol. The molecule has 1 aliphatic carbocycles. The van der Waals surface area contributed by atoms with Gasteiger partial charge in [0.15, 0.2) is 0 Å². The van der Waals surface area contributed by atoms with Crippen LogP contribution in [0, 0.1) is 5.41 Å². The molecule has 1 aliphatic rings. The molecule has 1 atom stereocenters. The molecule has 1 fully saturated rings. The SMILES string of the molecule is CC(C)=CC(O)C1(C)CCCCC1. The summed E-state index contributed by atoms with van der Waals surface area (Å²) in [6.45, 7) is 6.32. The predicted octanol–water partition coefficient (Wildman–Crippen LogP) is 3.28. The minimum atomic E-state index is -0.238. The van der Waals surface area contributed by atoms with Gasteiger partial charge in [-0.25, -0.2) is 0 Å². The molecule has 0 aromatic heterocycles. The van der Waals surface area contributed by atoms with Crippen molar-refractivity contribution in [3.8, 4) is 0 Å². The maximum absolute atomic E-state index is 10.0. The van der Waals surface area contributed by atoms with Crippen LogP contribution in [0.25, 0.3) is 0 Å². The lowest BCUT2D eigenvalue weighted by atomic mass is 9.71. The van der Waals surface area contributed by atoms with Gasteiger partial charge in [0.05, 0.1) is 6.10 Å². The van der Waals surface area contributed by atoms with Gasteiger partial charge in [0, 0.05) is 0 Å². The molecule has 0 radical (unpaired) electrons. The zero-order valence-electron chi connectivity index (χ0n) is 9.14. The fraction of sp³-hybridized carbons (Fsp3) is 0.833. The first-order valence-corrected chi connectivity index (χ1v) is 5.38. The maximum Gasteiger partial charge on any atom is 0.0776 e. The van der Waals surface area contributed by atoms with Crippen molar-refractivity contribution in [3.63, 3.8) is 0 Å². The Hall–Kier alpha value is -0.300. The minimum absolute atomic E-state index is 0.148. The summed E-state index contributed by atoms with van der Waals surface area (Å²) in [6, 6.07) is 0. The van der Waals surface area contributed by atoms with E-state index in [0.717, 1.165) is 0 Å². The molecular formula is C12H22O. The summed E-state index contributed by atoms with van der Waals surface area (Å²) in [5.41, 5.74) is 1.37. The third-order valence-electron chi connectivity index (χ3n) is 3.20. The van der Waals surface area contributed by atoms with E-state index in [1.165, 1.54) is 37.7 Å². The molecule has 1 rings (SSSR count). The van der Waals surface area contributed by atoms with E-state index in [0.29, 0.717) is 0 Å². The fourth-order valence-electron chi connectivity index (χ4n) is 2.17. The Morgan fingerprint density at radius 3 is 2.23 bits per heavy atom. The highest BCUT2D eigenvalue weighted by Crippen LogP contribution is 2.39. The Balaban J connectivity index is 2.61. The highest BCUT2D eigenvalue weighted by Gasteiger charge is 2.32. The van der Waals surface area contributed by atoms with Gasteiger partial charge >= 0.3 is 0 Å². The van der Waals surface area contributed by atoms with Crippen LogP contribution < -0.4 is 0 Å². The van der Waals surface area contributed by atoms with Crippen LogP contribution in [-0.4, -0.2) is 11.2 Å². The molecule has 1 nitrogen and oxygen atoms in total. The van der Waals surface area contributed by atoms with Gasteiger partial charge in [-0.2, -0.15) is 0 Å². The molecule has 1 unspecified atom stereocenters. The zero-order chi connectivity index (χ0) is 9.90. The van der Waals surface area contributed by atoms with Crippen LogP contribution in [-0.2, 0) is 0 Å². The fourth-order valence-corrected chi connectivity index (χ4v) is 2.17. The number of hydrogen-bond acceptors (Lipinski definition) is 1. The molecule has 1 heteroatoms. The second-order valence-corrected chi connectivity index (χ2v) is 4.90. The Morgan fingerprint density at radius 1 is 1.23 bits per heavy atom. The van der Waals surface area contributed by atoms with Crippen molar-refractivity contribution >= 4 is 0 Å². The van der Waals surface area contributed by atoms with Crippen LogP contribution in [0.4, 0.5) is 0 Å². The highest BCUT2D eigenvalue weighted by atomic mass is 16.3. The van der Waals surface area contributed by atoms with Crippen LogP contribution >= 0.6 is 0 Å². The van der Waals surface area contributed by atoms with Crippen molar-refractivity contribution in [2.24, 2.45) is 5.41 Å². The predicted molar refractivity (Wildman–Crippen MR) is 56.6 cm³/mol. The standard InChI is InChI=1S/C12H22O/c1-10(2)9-11(13)12(3)7-5-4-6-8-12/h9,11,13H,4-8H2,1-3H3. The van der Waals surface area contributed by atoms with Gasteiger partial charge < -0.3 is 5.11 Å². The summed E-state index contributed by atoms with van der Waals surface area (Å²) in [5.74, 6) is 0. The summed E-state index contributed by atoms with van der Waals surface area (Å²) in [5, 5.41) is 10.0. The van der Waals surface area contributed by atoms with E-state index in [1.54, 1.807) is 0 Å². The first kappa shape index (κ1) is 10.8. The maximum atomic E-state index is 10.0. The molecule has 13 heavy (non-hydrogen) atoms. The van der Waals surface area contributed by atoms with E-state index < -0.39 is 0 Å². The van der Waals surface area contributed by atoms with Gasteiger partial charge in [-0.3, -0.25) is 0 Å². The third kappa shape index (κ3) is 2.84. The zero-order valence-corrected chi connectivity index (χ0v) is 9.14. The molecule has 0 bridgehead atoms. The van der Waals surface area contributed by atoms with Gasteiger partial charge in [0.1, 0.15) is 0 Å². The van der Waals surface area contributed by atoms with Crippen molar-refractivity contribution in [2.45, 2.75) is 59.0 Å². The molecule has 0 saturated heterocycles. The Bertz CT molecular complexity index is 183. The lowest BCUT2D eigenvalue weighted by molar-refractivity contribution is 0.0433. The quantitative estimate of drug-likeness (QED) is 0.650. The molecule has 1 N–H and O–H groups in total. The topological polar surface area (TPSA) is 20.2 Å². The van der Waals surface area contributed by atoms with Crippen molar-refractivity contribution in [1.82, 2.24) is 0 Å². The summed E-state index contributed by atoms with van der Waals surface area (Å²) < 4.78 is 0. The van der Waals surface area contributed by atoms with Crippen molar-refractivity contribution < 1.29 is 5.11 Å². The van der Waals surface area contributed by atoms with Crippen molar-refractivity contribution in [1.29, 1.82) is 0 Å². The molecule has 0 amide bonds. The average molecular weight is 182 g/mol. The van der Waals surface area contributed by atoms with Crippen LogP contribution in [0.5, 0.6) is 0 Å². The van der Waals surface area contributed by atoms with Crippen molar-refractivity contribution in [2.75, 3.05) is 0 Å². The number of aliphatic hydroxyl groups is 1. The Morgan fingerprint density at radius 2 is 1.77 bits per heavy atom. The van der Waals surface area contributed by atoms with Crippen LogP contribution in [0.3, 0.4) is 0 Å². The van der Waals surface area contributed by atoms with Gasteiger partial charge in [0.25, 0.3) is 0 Å². The largest absolute Gasteiger partial charge is 0.388 e. The smallest absolute Gasteiger partial charge is 0.0776 e. The first-order chi connectivity index (χ1) is 6.04. The number of aliphatic hydroxyl groups excluding tert-OH is 1. The average Bonchev–Trinajstić information content (AvgIpc) is 2.04. The first-order valence-electron chi connectivity index (χ1n) is 5.38. The molecule has 0 aliphatic heterocycles. The molecule has 0 heterocycles. The molecule has 0 aromatic carbocycles.